The van der Waals surface area contributed by atoms with Crippen molar-refractivity contribution in [3.63, 3.8) is 0 Å². The van der Waals surface area contributed by atoms with Gasteiger partial charge in [0.25, 0.3) is 0 Å². The third-order valence-corrected chi connectivity index (χ3v) is 3.61. The molecule has 1 aliphatic carbocycles. The van der Waals surface area contributed by atoms with Crippen LogP contribution in [0.15, 0.2) is 12.3 Å². The molecule has 3 nitrogen and oxygen atoms in total. The average molecular weight is 220 g/mol. The highest BCUT2D eigenvalue weighted by atomic mass is 16.1. The lowest BCUT2D eigenvalue weighted by Gasteiger charge is -2.20. The van der Waals surface area contributed by atoms with Crippen molar-refractivity contribution < 1.29 is 4.79 Å². The van der Waals surface area contributed by atoms with Crippen molar-refractivity contribution in [3.05, 3.63) is 18.0 Å². The summed E-state index contributed by atoms with van der Waals surface area (Å²) in [5, 5.41) is 4.03. The molecule has 0 bridgehead atoms. The zero-order valence-corrected chi connectivity index (χ0v) is 9.98. The van der Waals surface area contributed by atoms with Crippen LogP contribution in [0.3, 0.4) is 0 Å². The highest BCUT2D eigenvalue weighted by molar-refractivity contribution is 5.94. The number of aryl methyl sites for hydroxylation is 1. The second-order valence-corrected chi connectivity index (χ2v) is 4.81. The van der Waals surface area contributed by atoms with Gasteiger partial charge in [0.1, 0.15) is 5.69 Å². The minimum Gasteiger partial charge on any atom is -0.292 e. The van der Waals surface area contributed by atoms with Crippen LogP contribution < -0.4 is 0 Å². The third kappa shape index (κ3) is 2.71. The molecule has 0 aromatic carbocycles. The molecule has 88 valence electrons. The summed E-state index contributed by atoms with van der Waals surface area (Å²) in [5.41, 5.74) is 0.746. The molecule has 1 aliphatic rings. The van der Waals surface area contributed by atoms with E-state index in [1.807, 2.05) is 13.1 Å². The monoisotopic (exact) mass is 220 g/mol. The number of hydrogen-bond acceptors (Lipinski definition) is 2. The molecule has 1 fully saturated rings. The Morgan fingerprint density at radius 2 is 2.19 bits per heavy atom. The first-order chi connectivity index (χ1) is 7.77. The Hall–Kier alpha value is -1.12. The maximum Gasteiger partial charge on any atom is 0.180 e. The number of carbonyl (C=O) groups excluding carboxylic acids is 1. The Labute approximate surface area is 96.8 Å². The molecule has 3 heteroatoms. The smallest absolute Gasteiger partial charge is 0.180 e. The molecule has 0 aliphatic heterocycles. The molecule has 0 amide bonds. The lowest BCUT2D eigenvalue weighted by atomic mass is 9.85. The van der Waals surface area contributed by atoms with E-state index in [4.69, 9.17) is 0 Å². The summed E-state index contributed by atoms with van der Waals surface area (Å²) in [6.07, 6.45) is 10.2. The fourth-order valence-electron chi connectivity index (χ4n) is 2.59. The first-order valence-corrected chi connectivity index (χ1v) is 6.28. The van der Waals surface area contributed by atoms with E-state index in [1.54, 1.807) is 10.9 Å². The Morgan fingerprint density at radius 1 is 1.44 bits per heavy atom. The predicted octanol–water partition coefficient (Wildman–Crippen LogP) is 2.96. The second-order valence-electron chi connectivity index (χ2n) is 4.81. The standard InChI is InChI=1S/C13H20N2O/c1-15-12(9-10-14-15)13(16)8-7-11-5-3-2-4-6-11/h9-11H,2-8H2,1H3. The summed E-state index contributed by atoms with van der Waals surface area (Å²) in [6.45, 7) is 0. The number of ketones is 1. The van der Waals surface area contributed by atoms with Crippen molar-refractivity contribution in [1.82, 2.24) is 9.78 Å². The molecule has 0 spiro atoms. The van der Waals surface area contributed by atoms with Crippen molar-refractivity contribution in [2.24, 2.45) is 13.0 Å². The molecule has 16 heavy (non-hydrogen) atoms. The van der Waals surface area contributed by atoms with Gasteiger partial charge in [-0.15, -0.1) is 0 Å². The van der Waals surface area contributed by atoms with E-state index >= 15 is 0 Å². The molecule has 1 heterocycles. The van der Waals surface area contributed by atoms with Gasteiger partial charge in [0.2, 0.25) is 0 Å². The quantitative estimate of drug-likeness (QED) is 0.731. The van der Waals surface area contributed by atoms with E-state index in [0.717, 1.165) is 18.0 Å². The summed E-state index contributed by atoms with van der Waals surface area (Å²) in [4.78, 5) is 11.9. The number of hydrogen-bond donors (Lipinski definition) is 0. The van der Waals surface area contributed by atoms with Crippen LogP contribution in [0.1, 0.15) is 55.4 Å². The first kappa shape index (κ1) is 11.4. The molecule has 0 unspecified atom stereocenters. The fourth-order valence-corrected chi connectivity index (χ4v) is 2.59. The van der Waals surface area contributed by atoms with Crippen molar-refractivity contribution in [2.45, 2.75) is 44.9 Å². The van der Waals surface area contributed by atoms with E-state index in [-0.39, 0.29) is 5.78 Å². The molecular formula is C13H20N2O. The van der Waals surface area contributed by atoms with Crippen LogP contribution in [-0.4, -0.2) is 15.6 Å². The van der Waals surface area contributed by atoms with Crippen LogP contribution >= 0.6 is 0 Å². The fraction of sp³-hybridized carbons (Fsp3) is 0.692. The molecule has 0 radical (unpaired) electrons. The zero-order valence-electron chi connectivity index (χ0n) is 9.98. The molecule has 0 saturated heterocycles. The van der Waals surface area contributed by atoms with Gasteiger partial charge in [-0.2, -0.15) is 5.10 Å². The summed E-state index contributed by atoms with van der Waals surface area (Å²) >= 11 is 0. The van der Waals surface area contributed by atoms with Crippen LogP contribution in [0, 0.1) is 5.92 Å². The van der Waals surface area contributed by atoms with Crippen molar-refractivity contribution >= 4 is 5.78 Å². The number of nitrogens with zero attached hydrogens (tertiary/aromatic N) is 2. The largest absolute Gasteiger partial charge is 0.292 e. The maximum absolute atomic E-state index is 11.9. The Morgan fingerprint density at radius 3 is 2.81 bits per heavy atom. The second kappa shape index (κ2) is 5.28. The van der Waals surface area contributed by atoms with E-state index in [9.17, 15) is 4.79 Å². The van der Waals surface area contributed by atoms with Gasteiger partial charge in [-0.05, 0) is 18.4 Å². The SMILES string of the molecule is Cn1nccc1C(=O)CCC1CCCCC1. The molecule has 2 rings (SSSR count). The Balaban J connectivity index is 1.81. The van der Waals surface area contributed by atoms with Gasteiger partial charge in [-0.1, -0.05) is 32.1 Å². The van der Waals surface area contributed by atoms with Gasteiger partial charge in [-0.25, -0.2) is 0 Å². The van der Waals surface area contributed by atoms with Crippen LogP contribution in [0.25, 0.3) is 0 Å². The van der Waals surface area contributed by atoms with Crippen LogP contribution in [-0.2, 0) is 7.05 Å². The molecular weight excluding hydrogens is 200 g/mol. The van der Waals surface area contributed by atoms with Gasteiger partial charge in [0.05, 0.1) is 0 Å². The van der Waals surface area contributed by atoms with Gasteiger partial charge < -0.3 is 0 Å². The van der Waals surface area contributed by atoms with E-state index in [1.165, 1.54) is 32.1 Å². The molecule has 1 saturated carbocycles. The van der Waals surface area contributed by atoms with Gasteiger partial charge >= 0.3 is 0 Å². The number of rotatable bonds is 4. The van der Waals surface area contributed by atoms with E-state index < -0.39 is 0 Å². The Bertz CT molecular complexity index is 351. The Kier molecular flexibility index (Phi) is 3.75. The predicted molar refractivity (Wildman–Crippen MR) is 63.3 cm³/mol. The van der Waals surface area contributed by atoms with Crippen LogP contribution in [0.2, 0.25) is 0 Å². The summed E-state index contributed by atoms with van der Waals surface area (Å²) in [6, 6.07) is 1.81. The van der Waals surface area contributed by atoms with Crippen molar-refractivity contribution in [2.75, 3.05) is 0 Å². The molecule has 0 atom stereocenters. The minimum atomic E-state index is 0.241. The van der Waals surface area contributed by atoms with Gasteiger partial charge in [-0.3, -0.25) is 9.48 Å². The first-order valence-electron chi connectivity index (χ1n) is 6.28. The molecule has 1 aromatic heterocycles. The molecule has 0 N–H and O–H groups in total. The normalized spacial score (nSPS) is 17.6. The lowest BCUT2D eigenvalue weighted by molar-refractivity contribution is 0.0961. The molecule has 1 aromatic rings. The van der Waals surface area contributed by atoms with Crippen LogP contribution in [0.4, 0.5) is 0 Å². The average Bonchev–Trinajstić information content (AvgIpc) is 2.74. The highest BCUT2D eigenvalue weighted by Crippen LogP contribution is 2.27. The zero-order chi connectivity index (χ0) is 11.4. The number of aromatic nitrogens is 2. The number of carbonyl (C=O) groups is 1. The highest BCUT2D eigenvalue weighted by Gasteiger charge is 2.16. The lowest BCUT2D eigenvalue weighted by Crippen LogP contribution is -2.11. The summed E-state index contributed by atoms with van der Waals surface area (Å²) < 4.78 is 1.67. The summed E-state index contributed by atoms with van der Waals surface area (Å²) in [5.74, 6) is 1.02. The minimum absolute atomic E-state index is 0.241. The summed E-state index contributed by atoms with van der Waals surface area (Å²) in [7, 11) is 1.83. The third-order valence-electron chi connectivity index (χ3n) is 3.61. The number of Topliss-reactive ketones (excluding diaryl/α,β-unsaturated/α-hetero) is 1. The van der Waals surface area contributed by atoms with Gasteiger partial charge in [0.15, 0.2) is 5.78 Å². The maximum atomic E-state index is 11.9. The van der Waals surface area contributed by atoms with Gasteiger partial charge in [0, 0.05) is 19.7 Å². The van der Waals surface area contributed by atoms with Crippen LogP contribution in [0.5, 0.6) is 0 Å². The van der Waals surface area contributed by atoms with Crippen molar-refractivity contribution in [3.8, 4) is 0 Å². The topological polar surface area (TPSA) is 34.9 Å². The van der Waals surface area contributed by atoms with Crippen molar-refractivity contribution in [1.29, 1.82) is 0 Å². The van der Waals surface area contributed by atoms with E-state index in [0.29, 0.717) is 6.42 Å². The van der Waals surface area contributed by atoms with E-state index in [2.05, 4.69) is 5.10 Å².